The Labute approximate surface area is 145 Å². The van der Waals surface area contributed by atoms with Crippen LogP contribution in [-0.2, 0) is 4.79 Å². The SMILES string of the molecule is CCN(CC)CC(=O)N1CCN(C(C)c2ccccc2Cl)CC1. The lowest BCUT2D eigenvalue weighted by Gasteiger charge is -2.39. The minimum Gasteiger partial charge on any atom is -0.339 e. The number of halogens is 1. The Kier molecular flexibility index (Phi) is 6.88. The molecule has 0 bridgehead atoms. The van der Waals surface area contributed by atoms with Gasteiger partial charge in [-0.1, -0.05) is 43.6 Å². The van der Waals surface area contributed by atoms with Crippen LogP contribution in [0.5, 0.6) is 0 Å². The van der Waals surface area contributed by atoms with Crippen LogP contribution in [-0.4, -0.2) is 66.4 Å². The Balaban J connectivity index is 1.88. The average molecular weight is 338 g/mol. The monoisotopic (exact) mass is 337 g/mol. The highest BCUT2D eigenvalue weighted by atomic mass is 35.5. The van der Waals surface area contributed by atoms with Gasteiger partial charge in [0.1, 0.15) is 0 Å². The molecule has 1 heterocycles. The molecule has 0 aliphatic carbocycles. The molecule has 0 radical (unpaired) electrons. The van der Waals surface area contributed by atoms with Crippen molar-refractivity contribution in [2.24, 2.45) is 0 Å². The van der Waals surface area contributed by atoms with Crippen molar-refractivity contribution in [1.82, 2.24) is 14.7 Å². The van der Waals surface area contributed by atoms with Crippen LogP contribution in [0.25, 0.3) is 0 Å². The number of carbonyl (C=O) groups excluding carboxylic acids is 1. The zero-order valence-corrected chi connectivity index (χ0v) is 15.2. The van der Waals surface area contributed by atoms with Gasteiger partial charge >= 0.3 is 0 Å². The molecule has 1 fully saturated rings. The molecule has 0 aromatic heterocycles. The van der Waals surface area contributed by atoms with E-state index in [-0.39, 0.29) is 11.9 Å². The fraction of sp³-hybridized carbons (Fsp3) is 0.611. The van der Waals surface area contributed by atoms with Gasteiger partial charge in [-0.2, -0.15) is 0 Å². The van der Waals surface area contributed by atoms with Crippen molar-refractivity contribution in [2.45, 2.75) is 26.8 Å². The summed E-state index contributed by atoms with van der Waals surface area (Å²) in [6.07, 6.45) is 0. The Morgan fingerprint density at radius 2 is 1.78 bits per heavy atom. The van der Waals surface area contributed by atoms with Crippen LogP contribution in [0.15, 0.2) is 24.3 Å². The van der Waals surface area contributed by atoms with Gasteiger partial charge in [-0.05, 0) is 31.6 Å². The van der Waals surface area contributed by atoms with Gasteiger partial charge < -0.3 is 4.90 Å². The second kappa shape index (κ2) is 8.67. The van der Waals surface area contributed by atoms with E-state index in [2.05, 4.69) is 36.6 Å². The lowest BCUT2D eigenvalue weighted by atomic mass is 10.1. The molecule has 1 unspecified atom stereocenters. The summed E-state index contributed by atoms with van der Waals surface area (Å²) in [7, 11) is 0. The largest absolute Gasteiger partial charge is 0.339 e. The van der Waals surface area contributed by atoms with Gasteiger partial charge in [0.2, 0.25) is 5.91 Å². The summed E-state index contributed by atoms with van der Waals surface area (Å²) < 4.78 is 0. The van der Waals surface area contributed by atoms with Gasteiger partial charge in [0.05, 0.1) is 6.54 Å². The first kappa shape index (κ1) is 18.2. The molecule has 1 amide bonds. The fourth-order valence-electron chi connectivity index (χ4n) is 3.11. The van der Waals surface area contributed by atoms with Crippen LogP contribution in [0.3, 0.4) is 0 Å². The smallest absolute Gasteiger partial charge is 0.236 e. The predicted octanol–water partition coefficient (Wildman–Crippen LogP) is 2.89. The molecule has 4 nitrogen and oxygen atoms in total. The second-order valence-electron chi connectivity index (χ2n) is 6.08. The highest BCUT2D eigenvalue weighted by Gasteiger charge is 2.25. The Bertz CT molecular complexity index is 511. The first-order chi connectivity index (χ1) is 11.1. The number of amides is 1. The third kappa shape index (κ3) is 4.69. The zero-order chi connectivity index (χ0) is 16.8. The number of hydrogen-bond acceptors (Lipinski definition) is 3. The maximum atomic E-state index is 12.4. The van der Waals surface area contributed by atoms with E-state index in [1.807, 2.05) is 23.1 Å². The van der Waals surface area contributed by atoms with Crippen LogP contribution in [0.2, 0.25) is 5.02 Å². The molecule has 1 aromatic rings. The summed E-state index contributed by atoms with van der Waals surface area (Å²) in [4.78, 5) is 18.9. The molecule has 1 saturated heterocycles. The van der Waals surface area contributed by atoms with Crippen molar-refractivity contribution < 1.29 is 4.79 Å². The lowest BCUT2D eigenvalue weighted by Crippen LogP contribution is -2.51. The van der Waals surface area contributed by atoms with Crippen molar-refractivity contribution >= 4 is 17.5 Å². The van der Waals surface area contributed by atoms with Crippen molar-refractivity contribution in [3.8, 4) is 0 Å². The van der Waals surface area contributed by atoms with Gasteiger partial charge in [0, 0.05) is 37.2 Å². The van der Waals surface area contributed by atoms with Crippen LogP contribution in [0.4, 0.5) is 0 Å². The average Bonchev–Trinajstić information content (AvgIpc) is 2.59. The van der Waals surface area contributed by atoms with E-state index in [4.69, 9.17) is 11.6 Å². The number of likely N-dealkylation sites (N-methyl/N-ethyl adjacent to an activating group) is 1. The standard InChI is InChI=1S/C18H28ClN3O/c1-4-20(5-2)14-18(23)22-12-10-21(11-13-22)15(3)16-8-6-7-9-17(16)19/h6-9,15H,4-5,10-14H2,1-3H3. The van der Waals surface area contributed by atoms with Crippen LogP contribution in [0.1, 0.15) is 32.4 Å². The Hall–Kier alpha value is -1.10. The molecule has 2 rings (SSSR count). The van der Waals surface area contributed by atoms with Gasteiger partial charge in [-0.3, -0.25) is 14.6 Å². The van der Waals surface area contributed by atoms with Gasteiger partial charge in [0.15, 0.2) is 0 Å². The number of rotatable bonds is 6. The predicted molar refractivity (Wildman–Crippen MR) is 95.8 cm³/mol. The normalized spacial score (nSPS) is 17.5. The minimum absolute atomic E-state index is 0.249. The van der Waals surface area contributed by atoms with Gasteiger partial charge in [0.25, 0.3) is 0 Å². The number of benzene rings is 1. The van der Waals surface area contributed by atoms with Crippen molar-refractivity contribution in [1.29, 1.82) is 0 Å². The summed E-state index contributed by atoms with van der Waals surface area (Å²) in [6, 6.07) is 8.30. The van der Waals surface area contributed by atoms with Crippen LogP contribution >= 0.6 is 11.6 Å². The number of nitrogens with zero attached hydrogens (tertiary/aromatic N) is 3. The van der Waals surface area contributed by atoms with E-state index in [9.17, 15) is 4.79 Å². The maximum absolute atomic E-state index is 12.4. The van der Waals surface area contributed by atoms with Crippen molar-refractivity contribution in [2.75, 3.05) is 45.8 Å². The Morgan fingerprint density at radius 3 is 2.35 bits per heavy atom. The van der Waals surface area contributed by atoms with E-state index < -0.39 is 0 Å². The van der Waals surface area contributed by atoms with Crippen LogP contribution < -0.4 is 0 Å². The van der Waals surface area contributed by atoms with Crippen molar-refractivity contribution in [3.63, 3.8) is 0 Å². The Morgan fingerprint density at radius 1 is 1.17 bits per heavy atom. The number of hydrogen-bond donors (Lipinski definition) is 0. The van der Waals surface area contributed by atoms with Crippen LogP contribution in [0, 0.1) is 0 Å². The highest BCUT2D eigenvalue weighted by Crippen LogP contribution is 2.27. The minimum atomic E-state index is 0.249. The summed E-state index contributed by atoms with van der Waals surface area (Å²) >= 11 is 6.31. The van der Waals surface area contributed by atoms with E-state index in [0.717, 1.165) is 49.9 Å². The summed E-state index contributed by atoms with van der Waals surface area (Å²) in [6.45, 7) is 12.2. The molecule has 1 aliphatic heterocycles. The summed E-state index contributed by atoms with van der Waals surface area (Å²) in [5.41, 5.74) is 1.16. The van der Waals surface area contributed by atoms with E-state index >= 15 is 0 Å². The fourth-order valence-corrected chi connectivity index (χ4v) is 3.40. The van der Waals surface area contributed by atoms with Gasteiger partial charge in [-0.25, -0.2) is 0 Å². The molecule has 1 aliphatic rings. The first-order valence-electron chi connectivity index (χ1n) is 8.55. The summed E-state index contributed by atoms with van der Waals surface area (Å²) in [5, 5.41) is 0.819. The zero-order valence-electron chi connectivity index (χ0n) is 14.5. The number of piperazine rings is 1. The lowest BCUT2D eigenvalue weighted by molar-refractivity contribution is -0.134. The molecule has 1 atom stereocenters. The highest BCUT2D eigenvalue weighted by molar-refractivity contribution is 6.31. The van der Waals surface area contributed by atoms with E-state index in [1.54, 1.807) is 0 Å². The molecule has 23 heavy (non-hydrogen) atoms. The third-order valence-corrected chi connectivity index (χ3v) is 5.17. The third-order valence-electron chi connectivity index (χ3n) is 4.82. The molecular formula is C18H28ClN3O. The van der Waals surface area contributed by atoms with E-state index in [0.29, 0.717) is 6.54 Å². The molecule has 128 valence electrons. The molecule has 0 spiro atoms. The first-order valence-corrected chi connectivity index (χ1v) is 8.93. The summed E-state index contributed by atoms with van der Waals surface area (Å²) in [5.74, 6) is 0.249. The van der Waals surface area contributed by atoms with E-state index in [1.165, 1.54) is 0 Å². The molecule has 5 heteroatoms. The second-order valence-corrected chi connectivity index (χ2v) is 6.48. The molecular weight excluding hydrogens is 310 g/mol. The number of carbonyl (C=O) groups is 1. The molecule has 0 saturated carbocycles. The topological polar surface area (TPSA) is 26.8 Å². The van der Waals surface area contributed by atoms with Crippen molar-refractivity contribution in [3.05, 3.63) is 34.9 Å². The quantitative estimate of drug-likeness (QED) is 0.798. The molecule has 0 N–H and O–H groups in total. The van der Waals surface area contributed by atoms with Gasteiger partial charge in [-0.15, -0.1) is 0 Å². The molecule has 1 aromatic carbocycles. The maximum Gasteiger partial charge on any atom is 0.236 e.